The SMILES string of the molecule is CC(=O)N[C@@H](CCCCN)C(=O)N[C@H](C)C(=O)SCC(=O)O. The van der Waals surface area contributed by atoms with Gasteiger partial charge >= 0.3 is 5.97 Å². The zero-order valence-corrected chi connectivity index (χ0v) is 13.6. The van der Waals surface area contributed by atoms with E-state index in [1.165, 1.54) is 13.8 Å². The number of carboxylic acids is 1. The number of nitrogens with two attached hydrogens (primary N) is 1. The van der Waals surface area contributed by atoms with Crippen LogP contribution in [0.3, 0.4) is 0 Å². The van der Waals surface area contributed by atoms with Crippen molar-refractivity contribution in [3.63, 3.8) is 0 Å². The summed E-state index contributed by atoms with van der Waals surface area (Å²) in [5.41, 5.74) is 5.39. The molecule has 0 unspecified atom stereocenters. The number of amides is 2. The maximum atomic E-state index is 12.1. The van der Waals surface area contributed by atoms with E-state index in [-0.39, 0.29) is 11.7 Å². The Bertz CT molecular complexity index is 416. The number of nitrogens with one attached hydrogen (secondary N) is 2. The fourth-order valence-electron chi connectivity index (χ4n) is 1.64. The smallest absolute Gasteiger partial charge is 0.313 e. The van der Waals surface area contributed by atoms with Gasteiger partial charge in [-0.15, -0.1) is 0 Å². The molecular weight excluding hydrogens is 310 g/mol. The van der Waals surface area contributed by atoms with Crippen molar-refractivity contribution in [3.8, 4) is 0 Å². The molecule has 0 rings (SSSR count). The van der Waals surface area contributed by atoms with Crippen molar-refractivity contribution in [3.05, 3.63) is 0 Å². The molecule has 5 N–H and O–H groups in total. The Morgan fingerprint density at radius 1 is 1.18 bits per heavy atom. The largest absolute Gasteiger partial charge is 0.481 e. The lowest BCUT2D eigenvalue weighted by molar-refractivity contribution is -0.134. The molecule has 0 aromatic carbocycles. The van der Waals surface area contributed by atoms with Gasteiger partial charge in [0.1, 0.15) is 6.04 Å². The number of carbonyl (C=O) groups excluding carboxylic acids is 3. The Labute approximate surface area is 133 Å². The number of carboxylic acid groups (broad SMARTS) is 1. The average molecular weight is 333 g/mol. The summed E-state index contributed by atoms with van der Waals surface area (Å²) < 4.78 is 0. The van der Waals surface area contributed by atoms with Crippen LogP contribution in [0.1, 0.15) is 33.1 Å². The van der Waals surface area contributed by atoms with Gasteiger partial charge in [0.2, 0.25) is 16.9 Å². The standard InChI is InChI=1S/C13H23N3O5S/c1-8(13(21)22-7-11(18)19)15-12(20)10(16-9(2)17)5-3-4-6-14/h8,10H,3-7,14H2,1-2H3,(H,15,20)(H,16,17)(H,18,19)/t8-,10+/m1/s1. The monoisotopic (exact) mass is 333 g/mol. The van der Waals surface area contributed by atoms with Gasteiger partial charge in [-0.05, 0) is 32.7 Å². The molecule has 0 saturated heterocycles. The van der Waals surface area contributed by atoms with Gasteiger partial charge in [-0.2, -0.15) is 0 Å². The lowest BCUT2D eigenvalue weighted by atomic mass is 10.1. The molecule has 0 aliphatic heterocycles. The molecule has 0 spiro atoms. The first-order valence-corrected chi connectivity index (χ1v) is 7.92. The van der Waals surface area contributed by atoms with E-state index >= 15 is 0 Å². The molecule has 0 aliphatic rings. The molecule has 0 bridgehead atoms. The first-order valence-electron chi connectivity index (χ1n) is 6.94. The lowest BCUT2D eigenvalue weighted by Crippen LogP contribution is -2.50. The van der Waals surface area contributed by atoms with Gasteiger partial charge in [-0.25, -0.2) is 0 Å². The van der Waals surface area contributed by atoms with Crippen molar-refractivity contribution < 1.29 is 24.3 Å². The second kappa shape index (κ2) is 11.0. The van der Waals surface area contributed by atoms with Crippen LogP contribution in [0.5, 0.6) is 0 Å². The number of hydrogen-bond acceptors (Lipinski definition) is 6. The Hall–Kier alpha value is -1.61. The first-order chi connectivity index (χ1) is 10.3. The summed E-state index contributed by atoms with van der Waals surface area (Å²) in [6.07, 6.45) is 1.82. The third kappa shape index (κ3) is 9.35. The van der Waals surface area contributed by atoms with E-state index in [0.717, 1.165) is 6.42 Å². The minimum absolute atomic E-state index is 0.341. The van der Waals surface area contributed by atoms with Gasteiger partial charge < -0.3 is 21.5 Å². The summed E-state index contributed by atoms with van der Waals surface area (Å²) in [5.74, 6) is -2.27. The molecule has 0 radical (unpaired) electrons. The summed E-state index contributed by atoms with van der Waals surface area (Å²) in [5, 5.41) is 13.1. The predicted octanol–water partition coefficient (Wildman–Crippen LogP) is -0.531. The number of carbonyl (C=O) groups is 4. The number of thioether (sulfide) groups is 1. The molecule has 0 aliphatic carbocycles. The number of rotatable bonds is 10. The van der Waals surface area contributed by atoms with Crippen LogP contribution < -0.4 is 16.4 Å². The van der Waals surface area contributed by atoms with Gasteiger partial charge in [0, 0.05) is 6.92 Å². The molecule has 22 heavy (non-hydrogen) atoms. The lowest BCUT2D eigenvalue weighted by Gasteiger charge is -2.20. The maximum absolute atomic E-state index is 12.1. The maximum Gasteiger partial charge on any atom is 0.313 e. The van der Waals surface area contributed by atoms with Crippen LogP contribution in [0.25, 0.3) is 0 Å². The van der Waals surface area contributed by atoms with Crippen molar-refractivity contribution in [2.45, 2.75) is 45.2 Å². The van der Waals surface area contributed by atoms with Crippen molar-refractivity contribution in [2.75, 3.05) is 12.3 Å². The molecule has 9 heteroatoms. The fraction of sp³-hybridized carbons (Fsp3) is 0.692. The topological polar surface area (TPSA) is 139 Å². The molecule has 0 fully saturated rings. The molecule has 2 atom stereocenters. The van der Waals surface area contributed by atoms with Crippen LogP contribution in [0.15, 0.2) is 0 Å². The van der Waals surface area contributed by atoms with Crippen LogP contribution in [0, 0.1) is 0 Å². The highest BCUT2D eigenvalue weighted by Gasteiger charge is 2.23. The van der Waals surface area contributed by atoms with Crippen molar-refractivity contribution in [1.29, 1.82) is 0 Å². The second-order valence-electron chi connectivity index (χ2n) is 4.77. The first kappa shape index (κ1) is 20.4. The number of unbranched alkanes of at least 4 members (excludes halogenated alkanes) is 1. The quantitative estimate of drug-likeness (QED) is 0.394. The molecule has 0 aromatic heterocycles. The fourth-order valence-corrected chi connectivity index (χ4v) is 2.21. The molecule has 0 heterocycles. The van der Waals surface area contributed by atoms with Gasteiger partial charge in [0.25, 0.3) is 0 Å². The van der Waals surface area contributed by atoms with Crippen molar-refractivity contribution >= 4 is 34.7 Å². The third-order valence-electron chi connectivity index (χ3n) is 2.69. The van der Waals surface area contributed by atoms with Crippen LogP contribution in [-0.2, 0) is 19.2 Å². The molecule has 2 amide bonds. The highest BCUT2D eigenvalue weighted by Crippen LogP contribution is 2.07. The summed E-state index contributed by atoms with van der Waals surface area (Å²) in [7, 11) is 0. The summed E-state index contributed by atoms with van der Waals surface area (Å²) >= 11 is 0.625. The zero-order valence-electron chi connectivity index (χ0n) is 12.8. The van der Waals surface area contributed by atoms with Crippen molar-refractivity contribution in [2.24, 2.45) is 5.73 Å². The van der Waals surface area contributed by atoms with Crippen LogP contribution in [-0.4, -0.2) is 52.4 Å². The Morgan fingerprint density at radius 2 is 1.82 bits per heavy atom. The van der Waals surface area contributed by atoms with Gasteiger partial charge in [0.15, 0.2) is 0 Å². The van der Waals surface area contributed by atoms with Gasteiger partial charge in [0.05, 0.1) is 11.8 Å². The van der Waals surface area contributed by atoms with Crippen LogP contribution in [0.4, 0.5) is 0 Å². The molecular formula is C13H23N3O5S. The van der Waals surface area contributed by atoms with Gasteiger partial charge in [-0.1, -0.05) is 11.8 Å². The highest BCUT2D eigenvalue weighted by atomic mass is 32.2. The summed E-state index contributed by atoms with van der Waals surface area (Å²) in [6, 6.07) is -1.56. The Morgan fingerprint density at radius 3 is 2.32 bits per heavy atom. The van der Waals surface area contributed by atoms with Crippen molar-refractivity contribution in [1.82, 2.24) is 10.6 Å². The Balaban J connectivity index is 4.48. The van der Waals surface area contributed by atoms with Crippen LogP contribution >= 0.6 is 11.8 Å². The summed E-state index contributed by atoms with van der Waals surface area (Å²) in [6.45, 7) is 3.27. The average Bonchev–Trinajstić information content (AvgIpc) is 2.43. The molecule has 126 valence electrons. The number of aliphatic carboxylic acids is 1. The van der Waals surface area contributed by atoms with Crippen LogP contribution in [0.2, 0.25) is 0 Å². The minimum atomic E-state index is -1.10. The Kier molecular flexibility index (Phi) is 10.2. The van der Waals surface area contributed by atoms with E-state index in [0.29, 0.717) is 31.1 Å². The predicted molar refractivity (Wildman–Crippen MR) is 83.2 cm³/mol. The van der Waals surface area contributed by atoms with E-state index in [4.69, 9.17) is 10.8 Å². The normalized spacial score (nSPS) is 13.0. The van der Waals surface area contributed by atoms with E-state index in [1.54, 1.807) is 0 Å². The third-order valence-corrected chi connectivity index (χ3v) is 3.72. The minimum Gasteiger partial charge on any atom is -0.481 e. The molecule has 0 aromatic rings. The molecule has 8 nitrogen and oxygen atoms in total. The summed E-state index contributed by atoms with van der Waals surface area (Å²) in [4.78, 5) is 45.3. The van der Waals surface area contributed by atoms with Gasteiger partial charge in [-0.3, -0.25) is 19.2 Å². The molecule has 0 saturated carbocycles. The van der Waals surface area contributed by atoms with E-state index < -0.39 is 29.1 Å². The zero-order chi connectivity index (χ0) is 17.1. The highest BCUT2D eigenvalue weighted by molar-refractivity contribution is 8.14. The van der Waals surface area contributed by atoms with E-state index in [1.807, 2.05) is 0 Å². The number of hydrogen-bond donors (Lipinski definition) is 4. The second-order valence-corrected chi connectivity index (χ2v) is 5.75. The van der Waals surface area contributed by atoms with E-state index in [2.05, 4.69) is 10.6 Å². The van der Waals surface area contributed by atoms with E-state index in [9.17, 15) is 19.2 Å².